The maximum atomic E-state index is 13.1. The summed E-state index contributed by atoms with van der Waals surface area (Å²) in [5.74, 6) is -1.18. The normalized spacial score (nSPS) is 13.8. The van der Waals surface area contributed by atoms with Crippen LogP contribution in [-0.4, -0.2) is 39.3 Å². The maximum Gasteiger partial charge on any atom is 0.306 e. The summed E-state index contributed by atoms with van der Waals surface area (Å²) in [7, 11) is 0. The number of nitrogens with two attached hydrogens (primary N) is 2. The van der Waals surface area contributed by atoms with Crippen molar-refractivity contribution >= 4 is 23.6 Å². The Balaban J connectivity index is 1.88. The average Bonchev–Trinajstić information content (AvgIpc) is 3.08. The predicted octanol–water partition coefficient (Wildman–Crippen LogP) is 3.09. The van der Waals surface area contributed by atoms with Gasteiger partial charge in [-0.2, -0.15) is 5.26 Å². The number of pyridine rings is 1. The minimum atomic E-state index is -0.956. The zero-order valence-corrected chi connectivity index (χ0v) is 20.6. The molecule has 1 aliphatic heterocycles. The van der Waals surface area contributed by atoms with Crippen LogP contribution in [0.15, 0.2) is 24.3 Å². The highest BCUT2D eigenvalue weighted by molar-refractivity contribution is 6.01. The molecule has 1 aromatic heterocycles. The molecule has 1 aromatic carbocycles. The van der Waals surface area contributed by atoms with Crippen molar-refractivity contribution in [3.63, 3.8) is 0 Å². The zero-order valence-electron chi connectivity index (χ0n) is 20.6. The molecule has 1 aliphatic rings. The summed E-state index contributed by atoms with van der Waals surface area (Å²) in [6.07, 6.45) is 1.56. The minimum absolute atomic E-state index is 0.0464. The van der Waals surface area contributed by atoms with Gasteiger partial charge in [0.05, 0.1) is 11.3 Å². The first kappa shape index (κ1) is 25.7. The number of hydrogen-bond acceptors (Lipinski definition) is 7. The van der Waals surface area contributed by atoms with Crippen molar-refractivity contribution < 1.29 is 19.1 Å². The number of rotatable bonds is 8. The lowest BCUT2D eigenvalue weighted by Crippen LogP contribution is -2.45. The SMILES string of the molecule is CCCc1cc(N)nc(-c2ccc3c(c2)CN([C@@H](CCC(=O)OC(C)(C)C)C(N)=O)C3=O)c1C#N. The van der Waals surface area contributed by atoms with Gasteiger partial charge in [-0.1, -0.05) is 19.4 Å². The van der Waals surface area contributed by atoms with Crippen molar-refractivity contribution in [3.05, 3.63) is 46.5 Å². The smallest absolute Gasteiger partial charge is 0.306 e. The molecule has 2 heterocycles. The number of aryl methyl sites for hydroxylation is 1. The molecule has 0 saturated carbocycles. The van der Waals surface area contributed by atoms with E-state index in [1.165, 1.54) is 4.90 Å². The molecule has 0 spiro atoms. The highest BCUT2D eigenvalue weighted by Gasteiger charge is 2.36. The molecule has 0 saturated heterocycles. The molecule has 9 heteroatoms. The second-order valence-corrected chi connectivity index (χ2v) is 9.64. The lowest BCUT2D eigenvalue weighted by Gasteiger charge is -2.25. The quantitative estimate of drug-likeness (QED) is 0.554. The monoisotopic (exact) mass is 477 g/mol. The standard InChI is InChI=1S/C26H31N5O4/c1-5-6-15-12-21(28)30-23(19(15)13-27)16-7-8-18-17(11-16)14-31(25(18)34)20(24(29)33)9-10-22(32)35-26(2,3)4/h7-8,11-12,20H,5-6,9-10,14H2,1-4H3,(H2,28,30)(H2,29,33)/t20-/m0/s1. The molecule has 9 nitrogen and oxygen atoms in total. The number of benzene rings is 1. The Kier molecular flexibility index (Phi) is 7.44. The van der Waals surface area contributed by atoms with E-state index in [0.717, 1.165) is 12.0 Å². The number of primary amides is 1. The molecular weight excluding hydrogens is 446 g/mol. The van der Waals surface area contributed by atoms with Crippen molar-refractivity contribution in [2.24, 2.45) is 5.73 Å². The van der Waals surface area contributed by atoms with Crippen LogP contribution in [0.3, 0.4) is 0 Å². The third-order valence-electron chi connectivity index (χ3n) is 5.71. The lowest BCUT2D eigenvalue weighted by molar-refractivity contribution is -0.155. The van der Waals surface area contributed by atoms with Crippen LogP contribution in [0.5, 0.6) is 0 Å². The number of esters is 1. The average molecular weight is 478 g/mol. The molecule has 3 rings (SSSR count). The Morgan fingerprint density at radius 3 is 2.60 bits per heavy atom. The third-order valence-corrected chi connectivity index (χ3v) is 5.71. The second-order valence-electron chi connectivity index (χ2n) is 9.64. The molecule has 0 fully saturated rings. The van der Waals surface area contributed by atoms with Crippen LogP contribution in [0.1, 0.15) is 74.0 Å². The fraction of sp³-hybridized carbons (Fsp3) is 0.423. The molecule has 2 amide bonds. The molecule has 2 aromatic rings. The van der Waals surface area contributed by atoms with Crippen molar-refractivity contribution in [2.75, 3.05) is 5.73 Å². The van der Waals surface area contributed by atoms with Gasteiger partial charge in [0.1, 0.15) is 23.5 Å². The Hall–Kier alpha value is -3.93. The van der Waals surface area contributed by atoms with Crippen LogP contribution >= 0.6 is 0 Å². The van der Waals surface area contributed by atoms with E-state index < -0.39 is 23.5 Å². The fourth-order valence-electron chi connectivity index (χ4n) is 4.26. The number of nitriles is 1. The summed E-state index contributed by atoms with van der Waals surface area (Å²) in [6, 6.07) is 8.16. The van der Waals surface area contributed by atoms with Crippen molar-refractivity contribution in [1.29, 1.82) is 5.26 Å². The van der Waals surface area contributed by atoms with Gasteiger partial charge in [-0.15, -0.1) is 0 Å². The Morgan fingerprint density at radius 2 is 2.00 bits per heavy atom. The third kappa shape index (κ3) is 5.77. The molecule has 0 bridgehead atoms. The summed E-state index contributed by atoms with van der Waals surface area (Å²) in [5.41, 5.74) is 14.5. The van der Waals surface area contributed by atoms with Gasteiger partial charge < -0.3 is 21.1 Å². The summed E-state index contributed by atoms with van der Waals surface area (Å²) < 4.78 is 5.30. The Morgan fingerprint density at radius 1 is 1.29 bits per heavy atom. The van der Waals surface area contributed by atoms with Crippen LogP contribution < -0.4 is 11.5 Å². The fourth-order valence-corrected chi connectivity index (χ4v) is 4.26. The van der Waals surface area contributed by atoms with Gasteiger partial charge in [-0.25, -0.2) is 4.98 Å². The van der Waals surface area contributed by atoms with E-state index in [2.05, 4.69) is 11.1 Å². The molecular formula is C26H31N5O4. The zero-order chi connectivity index (χ0) is 25.9. The first-order chi connectivity index (χ1) is 16.4. The lowest BCUT2D eigenvalue weighted by atomic mass is 9.96. The van der Waals surface area contributed by atoms with E-state index in [1.54, 1.807) is 45.0 Å². The molecule has 184 valence electrons. The number of ether oxygens (including phenoxy) is 1. The van der Waals surface area contributed by atoms with Crippen LogP contribution in [0, 0.1) is 11.3 Å². The van der Waals surface area contributed by atoms with Gasteiger partial charge in [0.15, 0.2) is 0 Å². The summed E-state index contributed by atoms with van der Waals surface area (Å²) in [6.45, 7) is 7.44. The van der Waals surface area contributed by atoms with Gasteiger partial charge >= 0.3 is 5.97 Å². The number of amides is 2. The molecule has 1 atom stereocenters. The van der Waals surface area contributed by atoms with Crippen molar-refractivity contribution in [1.82, 2.24) is 9.88 Å². The number of anilines is 1. The summed E-state index contributed by atoms with van der Waals surface area (Å²) in [4.78, 5) is 43.2. The second kappa shape index (κ2) is 10.1. The molecule has 0 radical (unpaired) electrons. The van der Waals surface area contributed by atoms with Crippen LogP contribution in [0.4, 0.5) is 5.82 Å². The Bertz CT molecular complexity index is 1210. The number of nitrogen functional groups attached to an aromatic ring is 1. The number of fused-ring (bicyclic) bond motifs is 1. The number of aromatic nitrogens is 1. The van der Waals surface area contributed by atoms with Gasteiger partial charge in [-0.05, 0) is 62.9 Å². The number of nitrogens with zero attached hydrogens (tertiary/aromatic N) is 3. The summed E-state index contributed by atoms with van der Waals surface area (Å²) in [5, 5.41) is 9.78. The molecule has 35 heavy (non-hydrogen) atoms. The maximum absolute atomic E-state index is 13.1. The minimum Gasteiger partial charge on any atom is -0.460 e. The van der Waals surface area contributed by atoms with E-state index in [0.29, 0.717) is 40.2 Å². The Labute approximate surface area is 205 Å². The predicted molar refractivity (Wildman–Crippen MR) is 131 cm³/mol. The first-order valence-electron chi connectivity index (χ1n) is 11.6. The van der Waals surface area contributed by atoms with Crippen molar-refractivity contribution in [3.8, 4) is 17.3 Å². The number of hydrogen-bond donors (Lipinski definition) is 2. The number of carbonyl (C=O) groups excluding carboxylic acids is 3. The van der Waals surface area contributed by atoms with E-state index in [9.17, 15) is 19.6 Å². The summed E-state index contributed by atoms with van der Waals surface area (Å²) >= 11 is 0. The van der Waals surface area contributed by atoms with E-state index in [4.69, 9.17) is 16.2 Å². The van der Waals surface area contributed by atoms with Crippen molar-refractivity contribution in [2.45, 2.75) is 71.6 Å². The highest BCUT2D eigenvalue weighted by atomic mass is 16.6. The molecule has 4 N–H and O–H groups in total. The largest absolute Gasteiger partial charge is 0.460 e. The topological polar surface area (TPSA) is 152 Å². The first-order valence-corrected chi connectivity index (χ1v) is 11.6. The van der Waals surface area contributed by atoms with Gasteiger partial charge in [-0.3, -0.25) is 14.4 Å². The van der Waals surface area contributed by atoms with E-state index >= 15 is 0 Å². The van der Waals surface area contributed by atoms with Gasteiger partial charge in [0, 0.05) is 24.1 Å². The van der Waals surface area contributed by atoms with Gasteiger partial charge in [0.2, 0.25) is 5.91 Å². The number of carbonyl (C=O) groups is 3. The van der Waals surface area contributed by atoms with E-state index in [1.807, 2.05) is 6.92 Å². The van der Waals surface area contributed by atoms with Crippen LogP contribution in [0.2, 0.25) is 0 Å². The molecule has 0 unspecified atom stereocenters. The van der Waals surface area contributed by atoms with E-state index in [-0.39, 0.29) is 25.3 Å². The van der Waals surface area contributed by atoms with Crippen LogP contribution in [-0.2, 0) is 27.3 Å². The molecule has 0 aliphatic carbocycles. The van der Waals surface area contributed by atoms with Crippen LogP contribution in [0.25, 0.3) is 11.3 Å². The van der Waals surface area contributed by atoms with Gasteiger partial charge in [0.25, 0.3) is 5.91 Å². The highest BCUT2D eigenvalue weighted by Crippen LogP contribution is 2.32.